The Balaban J connectivity index is 2.19. The lowest BCUT2D eigenvalue weighted by Gasteiger charge is -2.27. The molecule has 2 N–H and O–H groups in total. The average Bonchev–Trinajstić information content (AvgIpc) is 2.81. The lowest BCUT2D eigenvalue weighted by Crippen LogP contribution is -2.28. The van der Waals surface area contributed by atoms with Gasteiger partial charge in [-0.2, -0.15) is 0 Å². The molecular weight excluding hydrogens is 220 g/mol. The number of nitrogens with two attached hydrogens (primary N) is 1. The van der Waals surface area contributed by atoms with Crippen LogP contribution in [0.5, 0.6) is 0 Å². The van der Waals surface area contributed by atoms with Gasteiger partial charge in [0.05, 0.1) is 10.7 Å². The standard InChI is InChI=1S/C13H19ClN2/c1-16(11-4-2-3-5-11)13-7-6-10(9-15)8-12(13)14/h6-8,11H,2-5,9,15H2,1H3. The van der Waals surface area contributed by atoms with Crippen LogP contribution in [0.25, 0.3) is 0 Å². The Labute approximate surface area is 102 Å². The normalized spacial score (nSPS) is 16.7. The molecule has 0 aromatic heterocycles. The Morgan fingerprint density at radius 1 is 1.38 bits per heavy atom. The van der Waals surface area contributed by atoms with Crippen molar-refractivity contribution in [2.24, 2.45) is 5.73 Å². The van der Waals surface area contributed by atoms with Crippen LogP contribution in [0.4, 0.5) is 5.69 Å². The van der Waals surface area contributed by atoms with Crippen molar-refractivity contribution in [1.82, 2.24) is 0 Å². The molecule has 0 heterocycles. The smallest absolute Gasteiger partial charge is 0.0642 e. The zero-order valence-corrected chi connectivity index (χ0v) is 10.5. The molecule has 3 heteroatoms. The highest BCUT2D eigenvalue weighted by atomic mass is 35.5. The highest BCUT2D eigenvalue weighted by molar-refractivity contribution is 6.33. The first-order chi connectivity index (χ1) is 7.72. The number of rotatable bonds is 3. The van der Waals surface area contributed by atoms with Crippen LogP contribution in [0.3, 0.4) is 0 Å². The van der Waals surface area contributed by atoms with Crippen molar-refractivity contribution in [1.29, 1.82) is 0 Å². The molecule has 1 aromatic carbocycles. The molecule has 1 saturated carbocycles. The van der Waals surface area contributed by atoms with Gasteiger partial charge in [-0.05, 0) is 30.5 Å². The Hall–Kier alpha value is -0.730. The van der Waals surface area contributed by atoms with E-state index in [0.29, 0.717) is 12.6 Å². The molecule has 1 fully saturated rings. The molecule has 88 valence electrons. The fraction of sp³-hybridized carbons (Fsp3) is 0.538. The molecule has 1 aliphatic rings. The van der Waals surface area contributed by atoms with Crippen LogP contribution in [-0.4, -0.2) is 13.1 Å². The van der Waals surface area contributed by atoms with E-state index in [0.717, 1.165) is 16.3 Å². The third-order valence-corrected chi connectivity index (χ3v) is 3.80. The number of benzene rings is 1. The van der Waals surface area contributed by atoms with Gasteiger partial charge in [0.2, 0.25) is 0 Å². The van der Waals surface area contributed by atoms with Gasteiger partial charge in [-0.3, -0.25) is 0 Å². The van der Waals surface area contributed by atoms with Gasteiger partial charge < -0.3 is 10.6 Å². The van der Waals surface area contributed by atoms with Crippen molar-refractivity contribution in [3.63, 3.8) is 0 Å². The van der Waals surface area contributed by atoms with E-state index in [4.69, 9.17) is 17.3 Å². The Morgan fingerprint density at radius 2 is 2.06 bits per heavy atom. The highest BCUT2D eigenvalue weighted by Crippen LogP contribution is 2.32. The summed E-state index contributed by atoms with van der Waals surface area (Å²) < 4.78 is 0. The molecule has 1 aliphatic carbocycles. The quantitative estimate of drug-likeness (QED) is 0.877. The van der Waals surface area contributed by atoms with E-state index in [-0.39, 0.29) is 0 Å². The average molecular weight is 239 g/mol. The van der Waals surface area contributed by atoms with Crippen LogP contribution < -0.4 is 10.6 Å². The van der Waals surface area contributed by atoms with Crippen molar-refractivity contribution in [3.05, 3.63) is 28.8 Å². The Morgan fingerprint density at radius 3 is 2.62 bits per heavy atom. The fourth-order valence-electron chi connectivity index (χ4n) is 2.45. The molecule has 0 unspecified atom stereocenters. The minimum absolute atomic E-state index is 0.549. The number of anilines is 1. The first-order valence-corrected chi connectivity index (χ1v) is 6.31. The maximum Gasteiger partial charge on any atom is 0.0642 e. The molecule has 2 rings (SSSR count). The van der Waals surface area contributed by atoms with Gasteiger partial charge in [-0.15, -0.1) is 0 Å². The van der Waals surface area contributed by atoms with Gasteiger partial charge in [-0.25, -0.2) is 0 Å². The van der Waals surface area contributed by atoms with Crippen LogP contribution in [0, 0.1) is 0 Å². The summed E-state index contributed by atoms with van der Waals surface area (Å²) in [7, 11) is 2.14. The van der Waals surface area contributed by atoms with Crippen molar-refractivity contribution < 1.29 is 0 Å². The lowest BCUT2D eigenvalue weighted by molar-refractivity contribution is 0.653. The van der Waals surface area contributed by atoms with Gasteiger partial charge in [0.15, 0.2) is 0 Å². The molecule has 0 radical (unpaired) electrons. The molecule has 0 spiro atoms. The summed E-state index contributed by atoms with van der Waals surface area (Å²) in [6.45, 7) is 0.549. The second kappa shape index (κ2) is 5.07. The predicted octanol–water partition coefficient (Wildman–Crippen LogP) is 3.18. The van der Waals surface area contributed by atoms with Gasteiger partial charge in [0, 0.05) is 19.6 Å². The second-order valence-corrected chi connectivity index (χ2v) is 4.95. The molecule has 0 atom stereocenters. The second-order valence-electron chi connectivity index (χ2n) is 4.54. The molecule has 16 heavy (non-hydrogen) atoms. The largest absolute Gasteiger partial charge is 0.370 e. The molecule has 0 aliphatic heterocycles. The predicted molar refractivity (Wildman–Crippen MR) is 70.0 cm³/mol. The van der Waals surface area contributed by atoms with Crippen LogP contribution in [-0.2, 0) is 6.54 Å². The van der Waals surface area contributed by atoms with Gasteiger partial charge >= 0.3 is 0 Å². The van der Waals surface area contributed by atoms with Crippen molar-refractivity contribution in [3.8, 4) is 0 Å². The summed E-state index contributed by atoms with van der Waals surface area (Å²) in [5.74, 6) is 0. The molecule has 0 amide bonds. The van der Waals surface area contributed by atoms with Gasteiger partial charge in [0.1, 0.15) is 0 Å². The van der Waals surface area contributed by atoms with Gasteiger partial charge in [0.25, 0.3) is 0 Å². The zero-order chi connectivity index (χ0) is 11.5. The third-order valence-electron chi connectivity index (χ3n) is 3.50. The monoisotopic (exact) mass is 238 g/mol. The first-order valence-electron chi connectivity index (χ1n) is 5.93. The molecule has 0 saturated heterocycles. The maximum absolute atomic E-state index is 6.28. The van der Waals surface area contributed by atoms with E-state index in [1.54, 1.807) is 0 Å². The molecule has 2 nitrogen and oxygen atoms in total. The molecular formula is C13H19ClN2. The molecule has 1 aromatic rings. The summed E-state index contributed by atoms with van der Waals surface area (Å²) >= 11 is 6.28. The fourth-order valence-corrected chi connectivity index (χ4v) is 2.79. The van der Waals surface area contributed by atoms with Crippen molar-refractivity contribution in [2.75, 3.05) is 11.9 Å². The summed E-state index contributed by atoms with van der Waals surface area (Å²) in [6, 6.07) is 6.78. The van der Waals surface area contributed by atoms with E-state index in [2.05, 4.69) is 24.1 Å². The zero-order valence-electron chi connectivity index (χ0n) is 9.75. The minimum atomic E-state index is 0.549. The maximum atomic E-state index is 6.28. The van der Waals surface area contributed by atoms with Crippen LogP contribution in [0.1, 0.15) is 31.2 Å². The van der Waals surface area contributed by atoms with E-state index in [1.165, 1.54) is 25.7 Å². The van der Waals surface area contributed by atoms with Crippen LogP contribution in [0.2, 0.25) is 5.02 Å². The van der Waals surface area contributed by atoms with E-state index >= 15 is 0 Å². The SMILES string of the molecule is CN(c1ccc(CN)cc1Cl)C1CCCC1. The van der Waals surface area contributed by atoms with Crippen LogP contribution >= 0.6 is 11.6 Å². The molecule has 0 bridgehead atoms. The summed E-state index contributed by atoms with van der Waals surface area (Å²) in [6.07, 6.45) is 5.25. The number of hydrogen-bond acceptors (Lipinski definition) is 2. The number of nitrogens with zero attached hydrogens (tertiary/aromatic N) is 1. The first kappa shape index (κ1) is 11.7. The van der Waals surface area contributed by atoms with Crippen molar-refractivity contribution >= 4 is 17.3 Å². The lowest BCUT2D eigenvalue weighted by atomic mass is 10.1. The topological polar surface area (TPSA) is 29.3 Å². The number of halogens is 1. The highest BCUT2D eigenvalue weighted by Gasteiger charge is 2.21. The summed E-state index contributed by atoms with van der Waals surface area (Å²) in [4.78, 5) is 2.32. The minimum Gasteiger partial charge on any atom is -0.370 e. The van der Waals surface area contributed by atoms with E-state index in [1.807, 2.05) is 6.07 Å². The Bertz CT molecular complexity index is 359. The summed E-state index contributed by atoms with van der Waals surface area (Å²) in [5, 5.41) is 0.817. The number of hydrogen-bond donors (Lipinski definition) is 1. The summed E-state index contributed by atoms with van der Waals surface area (Å²) in [5.41, 5.74) is 7.82. The van der Waals surface area contributed by atoms with Crippen molar-refractivity contribution in [2.45, 2.75) is 38.3 Å². The van der Waals surface area contributed by atoms with E-state index < -0.39 is 0 Å². The Kier molecular flexibility index (Phi) is 3.72. The third kappa shape index (κ3) is 2.33. The van der Waals surface area contributed by atoms with Gasteiger partial charge in [-0.1, -0.05) is 30.5 Å². The van der Waals surface area contributed by atoms with Crippen LogP contribution in [0.15, 0.2) is 18.2 Å². The van der Waals surface area contributed by atoms with E-state index in [9.17, 15) is 0 Å².